The number of carbonyl (C=O) groups excluding carboxylic acids is 1. The molecular formula is C27H30N4O6. The molecule has 2 heterocycles. The van der Waals surface area contributed by atoms with E-state index in [1.54, 1.807) is 0 Å². The third-order valence-corrected chi connectivity index (χ3v) is 5.81. The minimum absolute atomic E-state index is 0.0848. The monoisotopic (exact) mass is 506 g/mol. The minimum Gasteiger partial charge on any atom is -0.478 e. The lowest BCUT2D eigenvalue weighted by atomic mass is 9.93. The quantitative estimate of drug-likeness (QED) is 0.371. The number of hydrogen-bond acceptors (Lipinski definition) is 7. The second-order valence-electron chi connectivity index (χ2n) is 8.55. The van der Waals surface area contributed by atoms with Crippen LogP contribution in [0.1, 0.15) is 35.4 Å². The average Bonchev–Trinajstić information content (AvgIpc) is 3.41. The highest BCUT2D eigenvalue weighted by atomic mass is 16.5. The fraction of sp³-hybridized carbons (Fsp3) is 0.296. The summed E-state index contributed by atoms with van der Waals surface area (Å²) < 4.78 is 5.20. The molecule has 0 saturated carbocycles. The lowest BCUT2D eigenvalue weighted by molar-refractivity contribution is -0.134. The maximum absolute atomic E-state index is 12.3. The predicted octanol–water partition coefficient (Wildman–Crippen LogP) is 3.48. The van der Waals surface area contributed by atoms with Gasteiger partial charge < -0.3 is 20.1 Å². The van der Waals surface area contributed by atoms with Crippen LogP contribution in [0.25, 0.3) is 11.5 Å². The van der Waals surface area contributed by atoms with Crippen molar-refractivity contribution in [1.82, 2.24) is 20.4 Å². The van der Waals surface area contributed by atoms with E-state index >= 15 is 0 Å². The van der Waals surface area contributed by atoms with Crippen LogP contribution in [0.3, 0.4) is 0 Å². The molecule has 1 amide bonds. The molecule has 3 N–H and O–H groups in total. The SMILES string of the molecule is O=C(NCCC1CCN(Cc2ccccc2)CC1)c1noc(-c2ccccc2)n1.O=C(O)/C=C/C(=O)O. The molecular weight excluding hydrogens is 476 g/mol. The van der Waals surface area contributed by atoms with Gasteiger partial charge in [-0.1, -0.05) is 53.7 Å². The lowest BCUT2D eigenvalue weighted by Crippen LogP contribution is -2.35. The number of likely N-dealkylation sites (tertiary alicyclic amines) is 1. The Morgan fingerprint density at radius 3 is 2.14 bits per heavy atom. The van der Waals surface area contributed by atoms with Crippen molar-refractivity contribution in [2.24, 2.45) is 5.92 Å². The van der Waals surface area contributed by atoms with Crippen LogP contribution in [-0.4, -0.2) is 62.7 Å². The molecule has 0 spiro atoms. The largest absolute Gasteiger partial charge is 0.478 e. The summed E-state index contributed by atoms with van der Waals surface area (Å²) in [5.41, 5.74) is 2.18. The van der Waals surface area contributed by atoms with Crippen LogP contribution >= 0.6 is 0 Å². The number of carbonyl (C=O) groups is 3. The van der Waals surface area contributed by atoms with Gasteiger partial charge in [0.1, 0.15) is 0 Å². The molecule has 0 aliphatic carbocycles. The first-order valence-electron chi connectivity index (χ1n) is 12.0. The van der Waals surface area contributed by atoms with Gasteiger partial charge in [-0.05, 0) is 56.0 Å². The summed E-state index contributed by atoms with van der Waals surface area (Å²) in [6, 6.07) is 20.1. The molecule has 2 aromatic carbocycles. The highest BCUT2D eigenvalue weighted by Gasteiger charge is 2.20. The van der Waals surface area contributed by atoms with Crippen LogP contribution in [0.4, 0.5) is 0 Å². The topological polar surface area (TPSA) is 146 Å². The molecule has 10 heteroatoms. The molecule has 4 rings (SSSR count). The number of amides is 1. The van der Waals surface area contributed by atoms with Gasteiger partial charge in [0.2, 0.25) is 0 Å². The lowest BCUT2D eigenvalue weighted by Gasteiger charge is -2.32. The van der Waals surface area contributed by atoms with Crippen LogP contribution in [0.5, 0.6) is 0 Å². The first kappa shape index (κ1) is 27.3. The number of aliphatic carboxylic acids is 2. The number of nitrogens with one attached hydrogen (secondary N) is 1. The third kappa shape index (κ3) is 9.69. The molecule has 37 heavy (non-hydrogen) atoms. The van der Waals surface area contributed by atoms with E-state index in [1.807, 2.05) is 30.3 Å². The van der Waals surface area contributed by atoms with Gasteiger partial charge in [0.15, 0.2) is 0 Å². The van der Waals surface area contributed by atoms with E-state index in [0.717, 1.165) is 31.6 Å². The van der Waals surface area contributed by atoms with Crippen LogP contribution in [0, 0.1) is 5.92 Å². The Labute approximate surface area is 214 Å². The number of carboxylic acids is 2. The number of nitrogens with zero attached hydrogens (tertiary/aromatic N) is 3. The fourth-order valence-electron chi connectivity index (χ4n) is 3.90. The smallest absolute Gasteiger partial charge is 0.328 e. The highest BCUT2D eigenvalue weighted by Crippen LogP contribution is 2.21. The van der Waals surface area contributed by atoms with Crippen LogP contribution < -0.4 is 5.32 Å². The number of carboxylic acid groups (broad SMARTS) is 2. The molecule has 0 atom stereocenters. The molecule has 1 saturated heterocycles. The fourth-order valence-corrected chi connectivity index (χ4v) is 3.90. The number of rotatable bonds is 9. The zero-order chi connectivity index (χ0) is 26.5. The van der Waals surface area contributed by atoms with Gasteiger partial charge in [0.25, 0.3) is 17.6 Å². The van der Waals surface area contributed by atoms with E-state index in [-0.39, 0.29) is 11.7 Å². The Kier molecular flexibility index (Phi) is 10.5. The molecule has 0 radical (unpaired) electrons. The second-order valence-corrected chi connectivity index (χ2v) is 8.55. The Morgan fingerprint density at radius 2 is 1.54 bits per heavy atom. The van der Waals surface area contributed by atoms with E-state index in [2.05, 4.69) is 50.7 Å². The second kappa shape index (κ2) is 14.3. The van der Waals surface area contributed by atoms with Gasteiger partial charge in [-0.25, -0.2) is 9.59 Å². The van der Waals surface area contributed by atoms with E-state index in [0.29, 0.717) is 30.5 Å². The number of piperidine rings is 1. The summed E-state index contributed by atoms with van der Waals surface area (Å²) in [4.78, 5) is 38.1. The summed E-state index contributed by atoms with van der Waals surface area (Å²) in [5.74, 6) is -1.70. The van der Waals surface area contributed by atoms with Gasteiger partial charge in [-0.15, -0.1) is 0 Å². The number of hydrogen-bond donors (Lipinski definition) is 3. The van der Waals surface area contributed by atoms with Crippen molar-refractivity contribution >= 4 is 17.8 Å². The van der Waals surface area contributed by atoms with E-state index < -0.39 is 11.9 Å². The van der Waals surface area contributed by atoms with E-state index in [1.165, 1.54) is 18.4 Å². The van der Waals surface area contributed by atoms with Crippen LogP contribution in [-0.2, 0) is 16.1 Å². The highest BCUT2D eigenvalue weighted by molar-refractivity contribution is 5.90. The van der Waals surface area contributed by atoms with Gasteiger partial charge >= 0.3 is 11.9 Å². The van der Waals surface area contributed by atoms with Crippen LogP contribution in [0.15, 0.2) is 77.3 Å². The molecule has 3 aromatic rings. The summed E-state index contributed by atoms with van der Waals surface area (Å²) in [6.07, 6.45) is 4.44. The van der Waals surface area contributed by atoms with Gasteiger partial charge in [-0.3, -0.25) is 9.69 Å². The maximum Gasteiger partial charge on any atom is 0.328 e. The van der Waals surface area contributed by atoms with Gasteiger partial charge in [-0.2, -0.15) is 4.98 Å². The summed E-state index contributed by atoms with van der Waals surface area (Å²) in [7, 11) is 0. The van der Waals surface area contributed by atoms with Gasteiger partial charge in [0, 0.05) is 30.8 Å². The summed E-state index contributed by atoms with van der Waals surface area (Å²) >= 11 is 0. The Hall–Kier alpha value is -4.31. The van der Waals surface area contributed by atoms with Crippen molar-refractivity contribution in [1.29, 1.82) is 0 Å². The van der Waals surface area contributed by atoms with Crippen molar-refractivity contribution in [3.8, 4) is 11.5 Å². The van der Waals surface area contributed by atoms with Crippen molar-refractivity contribution in [2.75, 3.05) is 19.6 Å². The molecule has 1 aliphatic heterocycles. The van der Waals surface area contributed by atoms with Crippen molar-refractivity contribution in [3.05, 3.63) is 84.2 Å². The Bertz CT molecular complexity index is 1160. The van der Waals surface area contributed by atoms with E-state index in [9.17, 15) is 14.4 Å². The molecule has 1 fully saturated rings. The number of aromatic nitrogens is 2. The van der Waals surface area contributed by atoms with Crippen molar-refractivity contribution in [3.63, 3.8) is 0 Å². The Morgan fingerprint density at radius 1 is 0.946 bits per heavy atom. The average molecular weight is 507 g/mol. The molecule has 0 unspecified atom stereocenters. The van der Waals surface area contributed by atoms with Gasteiger partial charge in [0.05, 0.1) is 0 Å². The zero-order valence-electron chi connectivity index (χ0n) is 20.3. The summed E-state index contributed by atoms with van der Waals surface area (Å²) in [6.45, 7) is 3.88. The molecule has 1 aliphatic rings. The van der Waals surface area contributed by atoms with Crippen molar-refractivity contribution in [2.45, 2.75) is 25.8 Å². The normalized spacial score (nSPS) is 14.1. The predicted molar refractivity (Wildman–Crippen MR) is 136 cm³/mol. The minimum atomic E-state index is -1.26. The maximum atomic E-state index is 12.3. The first-order chi connectivity index (χ1) is 17.9. The zero-order valence-corrected chi connectivity index (χ0v) is 20.3. The molecule has 0 bridgehead atoms. The summed E-state index contributed by atoms with van der Waals surface area (Å²) in [5, 5.41) is 22.4. The molecule has 10 nitrogen and oxygen atoms in total. The Balaban J connectivity index is 0.000000414. The first-order valence-corrected chi connectivity index (χ1v) is 12.0. The number of benzene rings is 2. The van der Waals surface area contributed by atoms with Crippen LogP contribution in [0.2, 0.25) is 0 Å². The van der Waals surface area contributed by atoms with E-state index in [4.69, 9.17) is 14.7 Å². The standard InChI is InChI=1S/C23H26N4O2.C4H4O4/c28-22(21-25-23(29-26-21)20-9-5-2-6-10-20)24-14-11-18-12-15-27(16-13-18)17-19-7-3-1-4-8-19;5-3(6)1-2-4(7)8/h1-10,18H,11-17H2,(H,24,28);1-2H,(H,5,6)(H,7,8)/b;2-1+. The van der Waals surface area contributed by atoms with Crippen molar-refractivity contribution < 1.29 is 29.1 Å². The molecule has 1 aromatic heterocycles. The molecule has 194 valence electrons. The third-order valence-electron chi connectivity index (χ3n) is 5.81.